The maximum absolute atomic E-state index is 5.80. The third-order valence-corrected chi connectivity index (χ3v) is 4.15. The molecule has 4 nitrogen and oxygen atoms in total. The Bertz CT molecular complexity index is 420. The van der Waals surface area contributed by atoms with E-state index in [1.54, 1.807) is 7.11 Å². The van der Waals surface area contributed by atoms with Gasteiger partial charge in [-0.1, -0.05) is 0 Å². The zero-order valence-corrected chi connectivity index (χ0v) is 11.5. The maximum Gasteiger partial charge on any atom is 0.137 e. The van der Waals surface area contributed by atoms with Crippen LogP contribution in [0.2, 0.25) is 0 Å². The van der Waals surface area contributed by atoms with Crippen LogP contribution in [0, 0.1) is 5.92 Å². The lowest BCUT2D eigenvalue weighted by atomic mass is 10.1. The van der Waals surface area contributed by atoms with Gasteiger partial charge < -0.3 is 14.8 Å². The number of aromatic nitrogens is 1. The molecule has 1 aromatic heterocycles. The molecule has 104 valence electrons. The van der Waals surface area contributed by atoms with Gasteiger partial charge in [-0.05, 0) is 49.3 Å². The summed E-state index contributed by atoms with van der Waals surface area (Å²) in [6.07, 6.45) is 7.42. The Morgan fingerprint density at radius 1 is 1.42 bits per heavy atom. The standard InChI is InChI=1S/C15H22N2O2/c1-18-5-3-11-7-15(11)12-6-14(9-16-8-12)19-10-13-2-4-17-13/h6,8-9,11,13,15,17H,2-5,7,10H2,1H3/t11-,13-,15-/m0/s1. The Labute approximate surface area is 114 Å². The first kappa shape index (κ1) is 12.9. The number of rotatable bonds is 7. The highest BCUT2D eigenvalue weighted by Gasteiger charge is 2.38. The molecule has 3 atom stereocenters. The molecule has 1 aliphatic carbocycles. The van der Waals surface area contributed by atoms with Gasteiger partial charge in [0.2, 0.25) is 0 Å². The van der Waals surface area contributed by atoms with Gasteiger partial charge in [-0.3, -0.25) is 4.98 Å². The number of methoxy groups -OCH3 is 1. The molecule has 0 radical (unpaired) electrons. The van der Waals surface area contributed by atoms with Crippen molar-refractivity contribution in [1.29, 1.82) is 0 Å². The van der Waals surface area contributed by atoms with Gasteiger partial charge >= 0.3 is 0 Å². The second kappa shape index (κ2) is 5.88. The molecule has 1 saturated heterocycles. The van der Waals surface area contributed by atoms with E-state index in [0.29, 0.717) is 12.0 Å². The van der Waals surface area contributed by atoms with E-state index >= 15 is 0 Å². The summed E-state index contributed by atoms with van der Waals surface area (Å²) >= 11 is 0. The van der Waals surface area contributed by atoms with E-state index in [9.17, 15) is 0 Å². The molecule has 0 bridgehead atoms. The molecular weight excluding hydrogens is 240 g/mol. The molecule has 0 spiro atoms. The molecule has 1 N–H and O–H groups in total. The van der Waals surface area contributed by atoms with Crippen LogP contribution in [0.5, 0.6) is 5.75 Å². The number of ether oxygens (including phenoxy) is 2. The van der Waals surface area contributed by atoms with Crippen molar-refractivity contribution < 1.29 is 9.47 Å². The van der Waals surface area contributed by atoms with Crippen LogP contribution in [0.25, 0.3) is 0 Å². The lowest BCUT2D eigenvalue weighted by molar-refractivity contribution is 0.189. The first-order chi connectivity index (χ1) is 9.36. The molecule has 19 heavy (non-hydrogen) atoms. The van der Waals surface area contributed by atoms with Gasteiger partial charge in [0.25, 0.3) is 0 Å². The van der Waals surface area contributed by atoms with Crippen LogP contribution >= 0.6 is 0 Å². The Morgan fingerprint density at radius 2 is 2.32 bits per heavy atom. The van der Waals surface area contributed by atoms with Crippen LogP contribution in [0.3, 0.4) is 0 Å². The molecule has 1 aliphatic heterocycles. The molecule has 4 heteroatoms. The highest BCUT2D eigenvalue weighted by atomic mass is 16.5. The zero-order chi connectivity index (χ0) is 13.1. The Morgan fingerprint density at radius 3 is 3.05 bits per heavy atom. The highest BCUT2D eigenvalue weighted by molar-refractivity contribution is 5.30. The van der Waals surface area contributed by atoms with Gasteiger partial charge in [-0.2, -0.15) is 0 Å². The number of pyridine rings is 1. The monoisotopic (exact) mass is 262 g/mol. The Hall–Kier alpha value is -1.13. The molecule has 2 aliphatic rings. The molecule has 2 fully saturated rings. The fraction of sp³-hybridized carbons (Fsp3) is 0.667. The molecule has 1 saturated carbocycles. The van der Waals surface area contributed by atoms with Gasteiger partial charge in [0, 0.05) is 26.0 Å². The van der Waals surface area contributed by atoms with Crippen molar-refractivity contribution in [2.45, 2.75) is 31.2 Å². The van der Waals surface area contributed by atoms with E-state index < -0.39 is 0 Å². The van der Waals surface area contributed by atoms with E-state index in [0.717, 1.165) is 37.8 Å². The van der Waals surface area contributed by atoms with Crippen LogP contribution in [-0.2, 0) is 4.74 Å². The fourth-order valence-corrected chi connectivity index (χ4v) is 2.65. The second-order valence-corrected chi connectivity index (χ2v) is 5.59. The Balaban J connectivity index is 1.51. The summed E-state index contributed by atoms with van der Waals surface area (Å²) in [5.41, 5.74) is 1.32. The van der Waals surface area contributed by atoms with Gasteiger partial charge in [-0.25, -0.2) is 0 Å². The zero-order valence-electron chi connectivity index (χ0n) is 11.5. The van der Waals surface area contributed by atoms with Crippen molar-refractivity contribution in [3.63, 3.8) is 0 Å². The second-order valence-electron chi connectivity index (χ2n) is 5.59. The van der Waals surface area contributed by atoms with Crippen molar-refractivity contribution in [3.8, 4) is 5.75 Å². The minimum Gasteiger partial charge on any atom is -0.490 e. The number of nitrogens with one attached hydrogen (secondary N) is 1. The van der Waals surface area contributed by atoms with Crippen molar-refractivity contribution >= 4 is 0 Å². The minimum atomic E-state index is 0.527. The summed E-state index contributed by atoms with van der Waals surface area (Å²) in [7, 11) is 1.77. The smallest absolute Gasteiger partial charge is 0.137 e. The fourth-order valence-electron chi connectivity index (χ4n) is 2.65. The molecule has 0 aromatic carbocycles. The van der Waals surface area contributed by atoms with Crippen LogP contribution in [0.15, 0.2) is 18.5 Å². The number of hydrogen-bond acceptors (Lipinski definition) is 4. The van der Waals surface area contributed by atoms with Gasteiger partial charge in [0.05, 0.1) is 6.20 Å². The first-order valence-corrected chi connectivity index (χ1v) is 7.17. The number of hydrogen-bond donors (Lipinski definition) is 1. The summed E-state index contributed by atoms with van der Waals surface area (Å²) in [5.74, 6) is 2.34. The highest BCUT2D eigenvalue weighted by Crippen LogP contribution is 2.49. The predicted octanol–water partition coefficient (Wildman–Crippen LogP) is 1.96. The van der Waals surface area contributed by atoms with Gasteiger partial charge in [0.15, 0.2) is 0 Å². The third-order valence-electron chi connectivity index (χ3n) is 4.15. The lowest BCUT2D eigenvalue weighted by Crippen LogP contribution is -2.46. The third kappa shape index (κ3) is 3.25. The largest absolute Gasteiger partial charge is 0.490 e. The molecule has 2 heterocycles. The van der Waals surface area contributed by atoms with Crippen molar-refractivity contribution in [2.75, 3.05) is 26.9 Å². The van der Waals surface area contributed by atoms with Crippen LogP contribution in [0.1, 0.15) is 30.7 Å². The molecule has 0 amide bonds. The molecular formula is C15H22N2O2. The van der Waals surface area contributed by atoms with Crippen molar-refractivity contribution in [3.05, 3.63) is 24.0 Å². The number of nitrogens with zero attached hydrogens (tertiary/aromatic N) is 1. The summed E-state index contributed by atoms with van der Waals surface area (Å²) in [6.45, 7) is 2.73. The van der Waals surface area contributed by atoms with E-state index in [2.05, 4.69) is 16.4 Å². The lowest BCUT2D eigenvalue weighted by Gasteiger charge is -2.27. The normalized spacial score (nSPS) is 28.8. The summed E-state index contributed by atoms with van der Waals surface area (Å²) in [5, 5.41) is 3.34. The van der Waals surface area contributed by atoms with Gasteiger partial charge in [-0.15, -0.1) is 0 Å². The molecule has 3 rings (SSSR count). The van der Waals surface area contributed by atoms with Crippen molar-refractivity contribution in [2.24, 2.45) is 5.92 Å². The van der Waals surface area contributed by atoms with E-state index in [1.807, 2.05) is 12.4 Å². The quantitative estimate of drug-likeness (QED) is 0.816. The van der Waals surface area contributed by atoms with Crippen LogP contribution < -0.4 is 10.1 Å². The predicted molar refractivity (Wildman–Crippen MR) is 73.5 cm³/mol. The molecule has 1 aromatic rings. The first-order valence-electron chi connectivity index (χ1n) is 7.17. The van der Waals surface area contributed by atoms with E-state index in [4.69, 9.17) is 9.47 Å². The molecule has 0 unspecified atom stereocenters. The minimum absolute atomic E-state index is 0.527. The van der Waals surface area contributed by atoms with Crippen LogP contribution in [0.4, 0.5) is 0 Å². The Kier molecular flexibility index (Phi) is 3.99. The summed E-state index contributed by atoms with van der Waals surface area (Å²) < 4.78 is 10.9. The maximum atomic E-state index is 5.80. The van der Waals surface area contributed by atoms with Crippen LogP contribution in [-0.4, -0.2) is 37.9 Å². The van der Waals surface area contributed by atoms with Crippen molar-refractivity contribution in [1.82, 2.24) is 10.3 Å². The van der Waals surface area contributed by atoms with Gasteiger partial charge in [0.1, 0.15) is 12.4 Å². The summed E-state index contributed by atoms with van der Waals surface area (Å²) in [4.78, 5) is 4.31. The SMILES string of the molecule is COCC[C@H]1C[C@@H]1c1cncc(OC[C@@H]2CCN2)c1. The van der Waals surface area contributed by atoms with E-state index in [-0.39, 0.29) is 0 Å². The average Bonchev–Trinajstić information content (AvgIpc) is 3.14. The summed E-state index contributed by atoms with van der Waals surface area (Å²) in [6, 6.07) is 2.68. The topological polar surface area (TPSA) is 43.4 Å². The van der Waals surface area contributed by atoms with E-state index in [1.165, 1.54) is 18.4 Å². The average molecular weight is 262 g/mol.